The molecule has 19 heavy (non-hydrogen) atoms. The first kappa shape index (κ1) is 14.7. The van der Waals surface area contributed by atoms with Gasteiger partial charge in [0.15, 0.2) is 0 Å². The van der Waals surface area contributed by atoms with Crippen LogP contribution in [0.2, 0.25) is 0 Å². The van der Waals surface area contributed by atoms with Crippen LogP contribution in [0.3, 0.4) is 0 Å². The van der Waals surface area contributed by atoms with E-state index in [2.05, 4.69) is 30.0 Å². The number of rotatable bonds is 3. The molecular weight excluding hydrogens is 258 g/mol. The molecule has 1 saturated carbocycles. The number of benzene rings is 1. The standard InChI is InChI=1S/C16H23NO.ClH/c1-12-9-15-10-16(18-2)6-5-14(15)7-8-17(12)11-13-3-4-13;/h5-6,10,12-13H,3-4,7-9,11H2,1-2H3;1H. The lowest BCUT2D eigenvalue weighted by Crippen LogP contribution is -2.36. The molecule has 3 heteroatoms. The Bertz CT molecular complexity index is 431. The number of nitrogens with zero attached hydrogens (tertiary/aromatic N) is 1. The van der Waals surface area contributed by atoms with Crippen LogP contribution in [0.4, 0.5) is 0 Å². The third kappa shape index (κ3) is 3.43. The fourth-order valence-corrected chi connectivity index (χ4v) is 3.00. The van der Waals surface area contributed by atoms with Crippen LogP contribution in [0.15, 0.2) is 18.2 Å². The van der Waals surface area contributed by atoms with Gasteiger partial charge in [0.2, 0.25) is 0 Å². The highest BCUT2D eigenvalue weighted by Gasteiger charge is 2.28. The van der Waals surface area contributed by atoms with Crippen LogP contribution in [0.1, 0.15) is 30.9 Å². The van der Waals surface area contributed by atoms with Crippen molar-refractivity contribution in [2.24, 2.45) is 5.92 Å². The first-order valence-electron chi connectivity index (χ1n) is 7.16. The summed E-state index contributed by atoms with van der Waals surface area (Å²) in [4.78, 5) is 2.68. The van der Waals surface area contributed by atoms with Gasteiger partial charge < -0.3 is 4.74 Å². The van der Waals surface area contributed by atoms with Crippen molar-refractivity contribution in [1.29, 1.82) is 0 Å². The van der Waals surface area contributed by atoms with E-state index in [1.54, 1.807) is 7.11 Å². The van der Waals surface area contributed by atoms with Crippen molar-refractivity contribution in [3.05, 3.63) is 29.3 Å². The average Bonchev–Trinajstić information content (AvgIpc) is 3.19. The summed E-state index contributed by atoms with van der Waals surface area (Å²) in [6, 6.07) is 7.24. The van der Waals surface area contributed by atoms with E-state index in [0.717, 1.165) is 11.7 Å². The second-order valence-corrected chi connectivity index (χ2v) is 5.88. The molecule has 2 aliphatic rings. The number of hydrogen-bond acceptors (Lipinski definition) is 2. The fourth-order valence-electron chi connectivity index (χ4n) is 3.00. The zero-order valence-electron chi connectivity index (χ0n) is 11.9. The third-order valence-electron chi connectivity index (χ3n) is 4.41. The minimum atomic E-state index is 0. The van der Waals surface area contributed by atoms with Crippen molar-refractivity contribution in [2.45, 2.75) is 38.6 Å². The molecule has 2 nitrogen and oxygen atoms in total. The smallest absolute Gasteiger partial charge is 0.119 e. The van der Waals surface area contributed by atoms with Crippen LogP contribution in [-0.2, 0) is 12.8 Å². The molecule has 3 rings (SSSR count). The van der Waals surface area contributed by atoms with E-state index in [9.17, 15) is 0 Å². The average molecular weight is 282 g/mol. The van der Waals surface area contributed by atoms with Gasteiger partial charge in [-0.2, -0.15) is 0 Å². The SMILES string of the molecule is COc1ccc2c(c1)CC(C)N(CC1CC1)CC2.Cl. The Morgan fingerprint density at radius 3 is 2.74 bits per heavy atom. The van der Waals surface area contributed by atoms with Gasteiger partial charge in [-0.3, -0.25) is 4.90 Å². The maximum absolute atomic E-state index is 5.34. The molecule has 1 aliphatic heterocycles. The summed E-state index contributed by atoms with van der Waals surface area (Å²) in [7, 11) is 1.75. The Hall–Kier alpha value is -0.730. The summed E-state index contributed by atoms with van der Waals surface area (Å²) < 4.78 is 5.34. The second-order valence-electron chi connectivity index (χ2n) is 5.88. The van der Waals surface area contributed by atoms with Gasteiger partial charge in [0.1, 0.15) is 5.75 Å². The van der Waals surface area contributed by atoms with Crippen molar-refractivity contribution in [1.82, 2.24) is 4.90 Å². The van der Waals surface area contributed by atoms with Crippen LogP contribution in [0, 0.1) is 5.92 Å². The van der Waals surface area contributed by atoms with Gasteiger partial charge in [-0.25, -0.2) is 0 Å². The van der Waals surface area contributed by atoms with Crippen LogP contribution < -0.4 is 4.74 Å². The van der Waals surface area contributed by atoms with Gasteiger partial charge >= 0.3 is 0 Å². The third-order valence-corrected chi connectivity index (χ3v) is 4.41. The molecule has 0 N–H and O–H groups in total. The highest BCUT2D eigenvalue weighted by molar-refractivity contribution is 5.85. The van der Waals surface area contributed by atoms with Crippen LogP contribution in [0.25, 0.3) is 0 Å². The van der Waals surface area contributed by atoms with E-state index in [0.29, 0.717) is 6.04 Å². The summed E-state index contributed by atoms with van der Waals surface area (Å²) in [5, 5.41) is 0. The van der Waals surface area contributed by atoms with Crippen LogP contribution in [-0.4, -0.2) is 31.1 Å². The maximum atomic E-state index is 5.34. The van der Waals surface area contributed by atoms with Crippen LogP contribution in [0.5, 0.6) is 5.75 Å². The molecule has 1 atom stereocenters. The molecule has 0 amide bonds. The van der Waals surface area contributed by atoms with Crippen molar-refractivity contribution in [2.75, 3.05) is 20.2 Å². The first-order chi connectivity index (χ1) is 8.76. The highest BCUT2D eigenvalue weighted by Crippen LogP contribution is 2.32. The number of methoxy groups -OCH3 is 1. The lowest BCUT2D eigenvalue weighted by atomic mass is 10.0. The monoisotopic (exact) mass is 281 g/mol. The molecule has 0 saturated heterocycles. The number of hydrogen-bond donors (Lipinski definition) is 0. The van der Waals surface area contributed by atoms with E-state index in [-0.39, 0.29) is 12.4 Å². The van der Waals surface area contributed by atoms with Crippen molar-refractivity contribution < 1.29 is 4.74 Å². The van der Waals surface area contributed by atoms with Gasteiger partial charge in [-0.15, -0.1) is 12.4 Å². The zero-order chi connectivity index (χ0) is 12.5. The van der Waals surface area contributed by atoms with Crippen LogP contribution >= 0.6 is 12.4 Å². The summed E-state index contributed by atoms with van der Waals surface area (Å²) in [5.41, 5.74) is 3.00. The normalized spacial score (nSPS) is 23.2. The summed E-state index contributed by atoms with van der Waals surface area (Å²) in [6.07, 6.45) is 5.25. The molecule has 1 aliphatic carbocycles. The Balaban J connectivity index is 0.00000133. The molecule has 1 fully saturated rings. The lowest BCUT2D eigenvalue weighted by molar-refractivity contribution is 0.207. The fraction of sp³-hybridized carbons (Fsp3) is 0.625. The van der Waals surface area contributed by atoms with Crippen molar-refractivity contribution in [3.63, 3.8) is 0 Å². The Labute approximate surface area is 122 Å². The first-order valence-corrected chi connectivity index (χ1v) is 7.16. The largest absolute Gasteiger partial charge is 0.497 e. The van der Waals surface area contributed by atoms with E-state index < -0.39 is 0 Å². The van der Waals surface area contributed by atoms with Crippen molar-refractivity contribution in [3.8, 4) is 5.75 Å². The number of fused-ring (bicyclic) bond motifs is 1. The van der Waals surface area contributed by atoms with Gasteiger partial charge in [-0.1, -0.05) is 6.07 Å². The number of ether oxygens (including phenoxy) is 1. The van der Waals surface area contributed by atoms with Gasteiger partial charge in [0.25, 0.3) is 0 Å². The zero-order valence-corrected chi connectivity index (χ0v) is 12.7. The molecular formula is C16H24ClNO. The Morgan fingerprint density at radius 1 is 1.26 bits per heavy atom. The summed E-state index contributed by atoms with van der Waals surface area (Å²) in [5.74, 6) is 1.99. The van der Waals surface area contributed by atoms with Gasteiger partial charge in [0.05, 0.1) is 7.11 Å². The maximum Gasteiger partial charge on any atom is 0.119 e. The predicted octanol–water partition coefficient (Wildman–Crippen LogP) is 3.32. The highest BCUT2D eigenvalue weighted by atomic mass is 35.5. The second kappa shape index (κ2) is 6.15. The molecule has 1 aromatic rings. The molecule has 1 aromatic carbocycles. The molecule has 0 bridgehead atoms. The molecule has 0 spiro atoms. The molecule has 1 heterocycles. The summed E-state index contributed by atoms with van der Waals surface area (Å²) in [6.45, 7) is 4.90. The van der Waals surface area contributed by atoms with E-state index in [4.69, 9.17) is 4.74 Å². The van der Waals surface area contributed by atoms with E-state index in [1.165, 1.54) is 49.9 Å². The topological polar surface area (TPSA) is 12.5 Å². The predicted molar refractivity (Wildman–Crippen MR) is 81.4 cm³/mol. The quantitative estimate of drug-likeness (QED) is 0.843. The van der Waals surface area contributed by atoms with Gasteiger partial charge in [0, 0.05) is 19.1 Å². The summed E-state index contributed by atoms with van der Waals surface area (Å²) >= 11 is 0. The molecule has 106 valence electrons. The number of halogens is 1. The molecule has 1 unspecified atom stereocenters. The molecule has 0 aromatic heterocycles. The van der Waals surface area contributed by atoms with E-state index in [1.807, 2.05) is 0 Å². The Kier molecular flexibility index (Phi) is 4.75. The van der Waals surface area contributed by atoms with Crippen molar-refractivity contribution >= 4 is 12.4 Å². The lowest BCUT2D eigenvalue weighted by Gasteiger charge is -2.26. The molecule has 0 radical (unpaired) electrons. The van der Waals surface area contributed by atoms with Gasteiger partial charge in [-0.05, 0) is 61.8 Å². The van der Waals surface area contributed by atoms with E-state index >= 15 is 0 Å². The Morgan fingerprint density at radius 2 is 2.05 bits per heavy atom. The minimum absolute atomic E-state index is 0. The minimum Gasteiger partial charge on any atom is -0.497 e.